The Morgan fingerprint density at radius 1 is 1.05 bits per heavy atom. The van der Waals surface area contributed by atoms with Gasteiger partial charge < -0.3 is 15.8 Å². The second kappa shape index (κ2) is 10.5. The molecule has 1 saturated carbocycles. The van der Waals surface area contributed by atoms with Gasteiger partial charge in [0.05, 0.1) is 30.2 Å². The van der Waals surface area contributed by atoms with Crippen LogP contribution in [0.4, 0.5) is 34.8 Å². The van der Waals surface area contributed by atoms with Crippen LogP contribution in [0.15, 0.2) is 36.5 Å². The van der Waals surface area contributed by atoms with Gasteiger partial charge in [-0.05, 0) is 64.0 Å². The summed E-state index contributed by atoms with van der Waals surface area (Å²) in [5, 5.41) is 2.36. The minimum Gasteiger partial charge on any atom is -0.381 e. The topological polar surface area (TPSA) is 135 Å². The molecule has 1 saturated heterocycles. The summed E-state index contributed by atoms with van der Waals surface area (Å²) in [7, 11) is -4.19. The van der Waals surface area contributed by atoms with Gasteiger partial charge in [-0.3, -0.25) is 9.52 Å². The van der Waals surface area contributed by atoms with Gasteiger partial charge in [0.25, 0.3) is 5.91 Å². The first kappa shape index (κ1) is 27.5. The van der Waals surface area contributed by atoms with Gasteiger partial charge in [-0.2, -0.15) is 13.1 Å². The maximum absolute atomic E-state index is 15.2. The van der Waals surface area contributed by atoms with Crippen LogP contribution in [0.25, 0.3) is 0 Å². The third-order valence-corrected chi connectivity index (χ3v) is 8.28. The molecule has 1 aliphatic carbocycles. The van der Waals surface area contributed by atoms with Gasteiger partial charge in [0.2, 0.25) is 0 Å². The van der Waals surface area contributed by atoms with Crippen molar-refractivity contribution in [2.45, 2.75) is 12.5 Å². The quantitative estimate of drug-likeness (QED) is 0.202. The fourth-order valence-corrected chi connectivity index (χ4v) is 6.11. The maximum Gasteiger partial charge on any atom is 0.300 e. The Bertz CT molecular complexity index is 1580. The number of nitrogens with one attached hydrogen (secondary N) is 3. The summed E-state index contributed by atoms with van der Waals surface area (Å²) in [5.74, 6) is -6.54. The lowest BCUT2D eigenvalue weighted by atomic mass is 10.00. The predicted octanol–water partition coefficient (Wildman–Crippen LogP) is 3.57. The second-order valence-electron chi connectivity index (χ2n) is 9.12. The molecule has 5 rings (SSSR count). The number of nitrogens with two attached hydrogens (primary N) is 1. The molecule has 2 aliphatic rings. The standard InChI is InChI=1S/C24H20F4IN5O4S/c25-16-7-12(29)1-2-17(16)32-22-13(23(30)35)6-11(18(26)20(22)28)5-10-3-4-31-24(19(10)27)34-39(36,37)33-21-14-8-38-9-15(14)21/h1-4,6-7,14-15,21,32-33H,5,8-9H2,(H2,30,35)(H,31,34). The zero-order valence-corrected chi connectivity index (χ0v) is 22.7. The van der Waals surface area contributed by atoms with Crippen molar-refractivity contribution >= 4 is 55.9 Å². The first-order valence-corrected chi connectivity index (χ1v) is 14.1. The summed E-state index contributed by atoms with van der Waals surface area (Å²) in [6.45, 7) is 0.868. The minimum absolute atomic E-state index is 0.0580. The zero-order valence-electron chi connectivity index (χ0n) is 19.8. The number of anilines is 3. The molecule has 0 bridgehead atoms. The second-order valence-corrected chi connectivity index (χ2v) is 11.8. The van der Waals surface area contributed by atoms with Gasteiger partial charge in [-0.1, -0.05) is 0 Å². The molecule has 15 heteroatoms. The van der Waals surface area contributed by atoms with E-state index in [1.54, 1.807) is 0 Å². The molecule has 0 spiro atoms. The fourth-order valence-electron chi connectivity index (χ4n) is 4.50. The van der Waals surface area contributed by atoms with Crippen LogP contribution in [-0.2, 0) is 21.4 Å². The number of carbonyl (C=O) groups is 1. The molecule has 206 valence electrons. The number of ether oxygens (including phenoxy) is 1. The van der Waals surface area contributed by atoms with E-state index in [2.05, 4.69) is 15.0 Å². The minimum atomic E-state index is -4.19. The van der Waals surface area contributed by atoms with Crippen LogP contribution in [0.1, 0.15) is 21.5 Å². The molecule has 0 radical (unpaired) electrons. The average Bonchev–Trinajstić information content (AvgIpc) is 3.26. The molecule has 1 amide bonds. The maximum atomic E-state index is 15.2. The lowest BCUT2D eigenvalue weighted by molar-refractivity contribution is 0.100. The number of pyridine rings is 1. The summed E-state index contributed by atoms with van der Waals surface area (Å²) in [6.07, 6.45) is 0.510. The summed E-state index contributed by atoms with van der Waals surface area (Å²) in [4.78, 5) is 15.8. The lowest BCUT2D eigenvalue weighted by Gasteiger charge is -2.16. The van der Waals surface area contributed by atoms with Crippen molar-refractivity contribution in [2.24, 2.45) is 17.6 Å². The third kappa shape index (κ3) is 5.66. The highest BCUT2D eigenvalue weighted by atomic mass is 127. The van der Waals surface area contributed by atoms with E-state index in [0.717, 1.165) is 24.4 Å². The van der Waals surface area contributed by atoms with E-state index in [0.29, 0.717) is 16.8 Å². The Labute approximate surface area is 233 Å². The molecule has 1 aromatic heterocycles. The third-order valence-electron chi connectivity index (χ3n) is 6.56. The number of aromatic nitrogens is 1. The molecule has 39 heavy (non-hydrogen) atoms. The van der Waals surface area contributed by atoms with Crippen molar-refractivity contribution < 1.29 is 35.5 Å². The van der Waals surface area contributed by atoms with Gasteiger partial charge in [0.15, 0.2) is 23.3 Å². The number of fused-ring (bicyclic) bond motifs is 1. The van der Waals surface area contributed by atoms with Crippen LogP contribution in [0.5, 0.6) is 0 Å². The van der Waals surface area contributed by atoms with E-state index < -0.39 is 68.4 Å². The Balaban J connectivity index is 1.40. The Kier molecular flexibility index (Phi) is 7.43. The number of benzene rings is 2. The monoisotopic (exact) mass is 677 g/mol. The molecule has 2 unspecified atom stereocenters. The van der Waals surface area contributed by atoms with Crippen LogP contribution >= 0.6 is 22.6 Å². The summed E-state index contributed by atoms with van der Waals surface area (Å²) in [6, 6.07) is 5.68. The first-order valence-electron chi connectivity index (χ1n) is 11.5. The predicted molar refractivity (Wildman–Crippen MR) is 142 cm³/mol. The molecular formula is C24H20F4IN5O4S. The normalized spacial score (nSPS) is 20.0. The van der Waals surface area contributed by atoms with E-state index in [4.69, 9.17) is 10.5 Å². The van der Waals surface area contributed by atoms with Crippen molar-refractivity contribution in [1.82, 2.24) is 9.71 Å². The van der Waals surface area contributed by atoms with Gasteiger partial charge >= 0.3 is 10.2 Å². The molecule has 1 aliphatic heterocycles. The number of nitrogens with zero attached hydrogens (tertiary/aromatic N) is 1. The number of rotatable bonds is 9. The van der Waals surface area contributed by atoms with Crippen molar-refractivity contribution in [1.29, 1.82) is 0 Å². The highest BCUT2D eigenvalue weighted by Gasteiger charge is 2.55. The van der Waals surface area contributed by atoms with Crippen LogP contribution in [-0.4, -0.2) is 38.6 Å². The number of amides is 1. The Hall–Kier alpha value is -3.02. The molecule has 2 fully saturated rings. The lowest BCUT2D eigenvalue weighted by Crippen LogP contribution is -2.35. The Morgan fingerprint density at radius 2 is 1.77 bits per heavy atom. The van der Waals surface area contributed by atoms with Crippen LogP contribution in [0.3, 0.4) is 0 Å². The van der Waals surface area contributed by atoms with Gasteiger partial charge in [0, 0.05) is 34.1 Å². The molecule has 2 aromatic carbocycles. The summed E-state index contributed by atoms with van der Waals surface area (Å²) < 4.78 is 94.9. The van der Waals surface area contributed by atoms with Crippen molar-refractivity contribution in [2.75, 3.05) is 23.3 Å². The molecule has 9 nitrogen and oxygen atoms in total. The smallest absolute Gasteiger partial charge is 0.300 e. The largest absolute Gasteiger partial charge is 0.381 e. The van der Waals surface area contributed by atoms with Crippen molar-refractivity contribution in [3.63, 3.8) is 0 Å². The number of hydrogen-bond donors (Lipinski definition) is 4. The first-order chi connectivity index (χ1) is 18.4. The van der Waals surface area contributed by atoms with Gasteiger partial charge in [-0.15, -0.1) is 0 Å². The van der Waals surface area contributed by atoms with Gasteiger partial charge in [-0.25, -0.2) is 22.5 Å². The van der Waals surface area contributed by atoms with Crippen molar-refractivity contribution in [3.8, 4) is 0 Å². The van der Waals surface area contributed by atoms with Crippen LogP contribution in [0.2, 0.25) is 0 Å². The number of hydrogen-bond acceptors (Lipinski definition) is 6. The number of halogens is 5. The summed E-state index contributed by atoms with van der Waals surface area (Å²) >= 11 is 1.87. The number of carbonyl (C=O) groups excluding carboxylic acids is 1. The fraction of sp³-hybridized carbons (Fsp3) is 0.250. The SMILES string of the molecule is NC(=O)c1cc(Cc2ccnc(NS(=O)(=O)NC3C4COCC43)c2F)c(F)c(F)c1Nc1ccc(I)cc1F. The van der Waals surface area contributed by atoms with E-state index in [9.17, 15) is 17.6 Å². The summed E-state index contributed by atoms with van der Waals surface area (Å²) in [5.41, 5.74) is 3.28. The number of primary amides is 1. The van der Waals surface area contributed by atoms with E-state index >= 15 is 13.2 Å². The van der Waals surface area contributed by atoms with E-state index in [1.807, 2.05) is 27.3 Å². The van der Waals surface area contributed by atoms with Gasteiger partial charge in [0.1, 0.15) is 5.82 Å². The van der Waals surface area contributed by atoms with Crippen molar-refractivity contribution in [3.05, 3.63) is 80.1 Å². The zero-order chi connectivity index (χ0) is 28.1. The molecule has 5 N–H and O–H groups in total. The molecule has 2 atom stereocenters. The molecule has 2 heterocycles. The molecular weight excluding hydrogens is 657 g/mol. The highest BCUT2D eigenvalue weighted by Crippen LogP contribution is 2.44. The van der Waals surface area contributed by atoms with Crippen LogP contribution in [0, 0.1) is 38.7 Å². The van der Waals surface area contributed by atoms with Crippen LogP contribution < -0.4 is 20.5 Å². The average molecular weight is 677 g/mol. The molecule has 3 aromatic rings. The van der Waals surface area contributed by atoms with E-state index in [1.165, 1.54) is 12.1 Å². The Morgan fingerprint density at radius 3 is 2.44 bits per heavy atom. The highest BCUT2D eigenvalue weighted by molar-refractivity contribution is 14.1. The van der Waals surface area contributed by atoms with E-state index in [-0.39, 0.29) is 29.1 Å².